The molecule has 4 aromatic carbocycles. The monoisotopic (exact) mass is 787 g/mol. The maximum absolute atomic E-state index is 12.8. The number of hydrogen-bond donors (Lipinski definition) is 6. The van der Waals surface area contributed by atoms with Crippen LogP contribution >= 0.6 is 0 Å². The number of ether oxygens (including phenoxy) is 2. The number of para-hydroxylation sites is 1. The highest BCUT2D eigenvalue weighted by Gasteiger charge is 2.26. The van der Waals surface area contributed by atoms with Crippen LogP contribution in [-0.4, -0.2) is 77.0 Å². The summed E-state index contributed by atoms with van der Waals surface area (Å²) >= 11 is 0. The Kier molecular flexibility index (Phi) is 13.7. The number of carbonyl (C=O) groups is 2. The van der Waals surface area contributed by atoms with Gasteiger partial charge in [-0.2, -0.15) is 0 Å². The molecule has 1 aliphatic heterocycles. The van der Waals surface area contributed by atoms with E-state index in [2.05, 4.69) is 25.8 Å². The first kappa shape index (κ1) is 40.5. The van der Waals surface area contributed by atoms with E-state index in [9.17, 15) is 24.6 Å². The first-order valence-electron chi connectivity index (χ1n) is 20.4. The quantitative estimate of drug-likeness (QED) is 0.0664. The molecule has 0 radical (unpaired) electrons. The number of aromatic amines is 1. The van der Waals surface area contributed by atoms with E-state index in [1.807, 2.05) is 78.9 Å². The van der Waals surface area contributed by atoms with Crippen LogP contribution in [-0.2, 0) is 16.1 Å². The molecule has 304 valence electrons. The molecule has 0 spiro atoms. The van der Waals surface area contributed by atoms with Gasteiger partial charge in [-0.05, 0) is 104 Å². The van der Waals surface area contributed by atoms with Crippen molar-refractivity contribution in [3.8, 4) is 22.6 Å². The number of aliphatic hydroxyl groups excluding tert-OH is 1. The number of nitrogens with zero attached hydrogens (tertiary/aromatic N) is 1. The molecule has 1 saturated carbocycles. The van der Waals surface area contributed by atoms with Crippen LogP contribution in [0.4, 0.5) is 10.5 Å². The Labute approximate surface area is 338 Å². The summed E-state index contributed by atoms with van der Waals surface area (Å²) in [5, 5.41) is 30.9. The Balaban J connectivity index is 0.742. The van der Waals surface area contributed by atoms with Gasteiger partial charge in [-0.3, -0.25) is 14.9 Å². The maximum Gasteiger partial charge on any atom is 0.411 e. The van der Waals surface area contributed by atoms with Crippen LogP contribution in [0.5, 0.6) is 11.5 Å². The number of aromatic hydroxyl groups is 1. The van der Waals surface area contributed by atoms with Gasteiger partial charge in [0, 0.05) is 49.2 Å². The minimum Gasteiger partial charge on any atom is -0.506 e. The molecule has 5 aromatic rings. The number of piperidine rings is 1. The number of likely N-dealkylation sites (tertiary alicyclic amines) is 1. The van der Waals surface area contributed by atoms with Crippen LogP contribution < -0.4 is 26.2 Å². The summed E-state index contributed by atoms with van der Waals surface area (Å²) in [6, 6.07) is 31.5. The lowest BCUT2D eigenvalue weighted by Crippen LogP contribution is -2.41. The fraction of sp³-hybridized carbons (Fsp3) is 0.370. The number of anilines is 1. The van der Waals surface area contributed by atoms with E-state index < -0.39 is 12.2 Å². The molecule has 1 aromatic heterocycles. The predicted molar refractivity (Wildman–Crippen MR) is 225 cm³/mol. The lowest BCUT2D eigenvalue weighted by molar-refractivity contribution is -0.124. The molecule has 0 bridgehead atoms. The number of hydrogen-bond acceptors (Lipinski definition) is 9. The molecule has 2 amide bonds. The van der Waals surface area contributed by atoms with Gasteiger partial charge in [-0.15, -0.1) is 0 Å². The number of phenolic OH excluding ortho intramolecular Hbond substituents is 1. The minimum absolute atomic E-state index is 0.0438. The van der Waals surface area contributed by atoms with Crippen molar-refractivity contribution >= 4 is 28.6 Å². The highest BCUT2D eigenvalue weighted by Crippen LogP contribution is 2.31. The van der Waals surface area contributed by atoms with Crippen molar-refractivity contribution in [3.05, 3.63) is 125 Å². The van der Waals surface area contributed by atoms with E-state index in [-0.39, 0.29) is 42.5 Å². The van der Waals surface area contributed by atoms with Crippen molar-refractivity contribution in [2.45, 2.75) is 69.7 Å². The molecule has 7 rings (SSSR count). The van der Waals surface area contributed by atoms with E-state index in [4.69, 9.17) is 9.47 Å². The Hall–Kier alpha value is -5.69. The summed E-state index contributed by atoms with van der Waals surface area (Å²) in [5.74, 6) is 1.09. The van der Waals surface area contributed by atoms with E-state index in [1.54, 1.807) is 12.1 Å². The van der Waals surface area contributed by atoms with Gasteiger partial charge in [0.2, 0.25) is 5.56 Å². The third-order valence-electron chi connectivity index (χ3n) is 11.3. The van der Waals surface area contributed by atoms with Crippen LogP contribution in [0.2, 0.25) is 0 Å². The molecule has 6 N–H and O–H groups in total. The first-order valence-corrected chi connectivity index (χ1v) is 20.4. The number of aliphatic hydroxyl groups is 1. The molecule has 1 atom stereocenters. The number of phenols is 1. The van der Waals surface area contributed by atoms with Crippen molar-refractivity contribution in [3.63, 3.8) is 0 Å². The van der Waals surface area contributed by atoms with E-state index >= 15 is 0 Å². The largest absolute Gasteiger partial charge is 0.506 e. The zero-order valence-corrected chi connectivity index (χ0v) is 32.7. The number of fused-ring (bicyclic) bond motifs is 1. The molecule has 2 heterocycles. The lowest BCUT2D eigenvalue weighted by Gasteiger charge is -2.34. The fourth-order valence-corrected chi connectivity index (χ4v) is 8.10. The molecule has 58 heavy (non-hydrogen) atoms. The Morgan fingerprint density at radius 3 is 2.36 bits per heavy atom. The third kappa shape index (κ3) is 11.0. The maximum atomic E-state index is 12.8. The Morgan fingerprint density at radius 1 is 0.845 bits per heavy atom. The smallest absolute Gasteiger partial charge is 0.411 e. The number of amides is 2. The van der Waals surface area contributed by atoms with Gasteiger partial charge in [0.25, 0.3) is 5.91 Å². The zero-order valence-electron chi connectivity index (χ0n) is 32.7. The van der Waals surface area contributed by atoms with Crippen molar-refractivity contribution in [2.24, 2.45) is 5.92 Å². The van der Waals surface area contributed by atoms with Crippen LogP contribution in [0.15, 0.2) is 108 Å². The molecule has 12 heteroatoms. The highest BCUT2D eigenvalue weighted by molar-refractivity contribution is 5.91. The average Bonchev–Trinajstić information content (AvgIpc) is 3.24. The van der Waals surface area contributed by atoms with Gasteiger partial charge in [0.05, 0.1) is 17.3 Å². The van der Waals surface area contributed by atoms with Crippen LogP contribution in [0, 0.1) is 5.92 Å². The number of nitrogens with one attached hydrogen (secondary N) is 4. The summed E-state index contributed by atoms with van der Waals surface area (Å²) in [7, 11) is 0. The number of rotatable bonds is 15. The van der Waals surface area contributed by atoms with Crippen LogP contribution in [0.3, 0.4) is 0 Å². The van der Waals surface area contributed by atoms with Crippen LogP contribution in [0.25, 0.3) is 22.0 Å². The van der Waals surface area contributed by atoms with Gasteiger partial charge in [-0.1, -0.05) is 66.7 Å². The summed E-state index contributed by atoms with van der Waals surface area (Å²) < 4.78 is 11.6. The average molecular weight is 788 g/mol. The van der Waals surface area contributed by atoms with E-state index in [1.165, 1.54) is 12.1 Å². The molecular formula is C46H53N5O7. The van der Waals surface area contributed by atoms with Crippen LogP contribution in [0.1, 0.15) is 62.2 Å². The standard InChI is InChI=1S/C46H53N5O7/c52-41-20-18-38(39-19-21-43(54)50-45(39)41)42(53)29-47-28-32-12-16-35(17-13-32)57-30-44(55)48-34-14-10-31(11-15-34)22-25-51-26-23-36(24-27-51)58-46(56)49-40-9-5-4-8-37(40)33-6-2-1-3-7-33/h1-9,12-13,16-21,31,34,36,42,47,52-53H,10-11,14-15,22-30H2,(H,48,55)(H,49,56)(H,50,54)/t31?,34?,42-/m0/s1. The highest BCUT2D eigenvalue weighted by atomic mass is 16.6. The predicted octanol–water partition coefficient (Wildman–Crippen LogP) is 6.88. The molecule has 1 saturated heterocycles. The third-order valence-corrected chi connectivity index (χ3v) is 11.3. The fourth-order valence-electron chi connectivity index (χ4n) is 8.10. The summed E-state index contributed by atoms with van der Waals surface area (Å²) in [6.45, 7) is 3.60. The molecule has 0 unspecified atom stereocenters. The molecule has 1 aliphatic carbocycles. The molecule has 2 fully saturated rings. The van der Waals surface area contributed by atoms with Gasteiger partial charge in [-0.25, -0.2) is 4.79 Å². The number of H-pyrrole nitrogens is 1. The second kappa shape index (κ2) is 19.6. The topological polar surface area (TPSA) is 165 Å². The minimum atomic E-state index is -0.848. The zero-order chi connectivity index (χ0) is 40.3. The number of carbonyl (C=O) groups excluding carboxylic acids is 2. The molecular weight excluding hydrogens is 735 g/mol. The van der Waals surface area contributed by atoms with Crippen molar-refractivity contribution < 1.29 is 29.3 Å². The number of aromatic nitrogens is 1. The van der Waals surface area contributed by atoms with Crippen molar-refractivity contribution in [1.82, 2.24) is 20.5 Å². The summed E-state index contributed by atoms with van der Waals surface area (Å²) in [5.41, 5.74) is 4.32. The van der Waals surface area contributed by atoms with Gasteiger partial charge < -0.3 is 40.2 Å². The first-order chi connectivity index (χ1) is 28.3. The SMILES string of the molecule is O=C(COc1ccc(CNC[C@H](O)c2ccc(O)c3[nH]c(=O)ccc23)cc1)NC1CCC(CCN2CCC(OC(=O)Nc3ccccc3-c3ccccc3)CC2)CC1. The number of benzene rings is 4. The molecule has 2 aliphatic rings. The van der Waals surface area contributed by atoms with E-state index in [0.29, 0.717) is 34.7 Å². The molecule has 12 nitrogen and oxygen atoms in total. The van der Waals surface area contributed by atoms with Gasteiger partial charge in [0.15, 0.2) is 6.61 Å². The Morgan fingerprint density at radius 2 is 1.59 bits per heavy atom. The second-order valence-electron chi connectivity index (χ2n) is 15.4. The van der Waals surface area contributed by atoms with E-state index in [0.717, 1.165) is 87.0 Å². The Bertz CT molecular complexity index is 2180. The van der Waals surface area contributed by atoms with Crippen molar-refractivity contribution in [1.29, 1.82) is 0 Å². The summed E-state index contributed by atoms with van der Waals surface area (Å²) in [4.78, 5) is 42.3. The lowest BCUT2D eigenvalue weighted by atomic mass is 9.84. The second-order valence-corrected chi connectivity index (χ2v) is 15.4. The normalized spacial score (nSPS) is 18.0. The number of pyridine rings is 1. The van der Waals surface area contributed by atoms with Crippen molar-refractivity contribution in [2.75, 3.05) is 38.1 Å². The van der Waals surface area contributed by atoms with Gasteiger partial charge >= 0.3 is 6.09 Å². The van der Waals surface area contributed by atoms with Gasteiger partial charge in [0.1, 0.15) is 17.6 Å². The summed E-state index contributed by atoms with van der Waals surface area (Å²) in [6.07, 6.45) is 5.56.